The third-order valence-corrected chi connectivity index (χ3v) is 3.89. The molecule has 21 heavy (non-hydrogen) atoms. The molecule has 2 aromatic carbocycles. The lowest BCUT2D eigenvalue weighted by Crippen LogP contribution is -2.39. The van der Waals surface area contributed by atoms with E-state index in [1.165, 1.54) is 17.7 Å². The molecule has 0 fully saturated rings. The SMILES string of the molecule is Cc1cc2c(cc1C)N(Cc1ccc(F)cc1)C(=O)CN2. The van der Waals surface area contributed by atoms with Gasteiger partial charge in [-0.15, -0.1) is 0 Å². The molecule has 2 aromatic rings. The van der Waals surface area contributed by atoms with Gasteiger partial charge in [0.1, 0.15) is 5.82 Å². The molecule has 0 unspecified atom stereocenters. The Labute approximate surface area is 123 Å². The topological polar surface area (TPSA) is 32.3 Å². The number of carbonyl (C=O) groups excluding carboxylic acids is 1. The van der Waals surface area contributed by atoms with Crippen molar-refractivity contribution in [3.8, 4) is 0 Å². The zero-order chi connectivity index (χ0) is 15.0. The number of benzene rings is 2. The number of carbonyl (C=O) groups is 1. The van der Waals surface area contributed by atoms with Crippen molar-refractivity contribution in [1.29, 1.82) is 0 Å². The quantitative estimate of drug-likeness (QED) is 0.916. The van der Waals surface area contributed by atoms with Crippen LogP contribution in [0.4, 0.5) is 15.8 Å². The van der Waals surface area contributed by atoms with Crippen molar-refractivity contribution >= 4 is 17.3 Å². The third-order valence-electron chi connectivity index (χ3n) is 3.89. The molecule has 1 amide bonds. The van der Waals surface area contributed by atoms with E-state index in [1.807, 2.05) is 13.0 Å². The minimum atomic E-state index is -0.266. The normalized spacial score (nSPS) is 13.9. The summed E-state index contributed by atoms with van der Waals surface area (Å²) in [5.41, 5.74) is 5.11. The number of aryl methyl sites for hydroxylation is 2. The molecule has 3 nitrogen and oxygen atoms in total. The van der Waals surface area contributed by atoms with Crippen molar-refractivity contribution in [1.82, 2.24) is 0 Å². The van der Waals surface area contributed by atoms with Gasteiger partial charge in [0.2, 0.25) is 5.91 Å². The molecule has 108 valence electrons. The van der Waals surface area contributed by atoms with Gasteiger partial charge in [0.25, 0.3) is 0 Å². The first kappa shape index (κ1) is 13.6. The first-order valence-corrected chi connectivity index (χ1v) is 6.94. The Bertz CT molecular complexity index is 695. The van der Waals surface area contributed by atoms with E-state index in [0.717, 1.165) is 22.5 Å². The van der Waals surface area contributed by atoms with E-state index in [0.29, 0.717) is 6.54 Å². The van der Waals surface area contributed by atoms with E-state index in [4.69, 9.17) is 0 Å². The molecule has 4 heteroatoms. The van der Waals surface area contributed by atoms with Crippen molar-refractivity contribution in [2.24, 2.45) is 0 Å². The van der Waals surface area contributed by atoms with Crippen molar-refractivity contribution < 1.29 is 9.18 Å². The molecule has 0 radical (unpaired) electrons. The maximum Gasteiger partial charge on any atom is 0.246 e. The van der Waals surface area contributed by atoms with E-state index in [1.54, 1.807) is 17.0 Å². The zero-order valence-electron chi connectivity index (χ0n) is 12.1. The molecule has 3 rings (SSSR count). The first-order valence-electron chi connectivity index (χ1n) is 6.94. The van der Waals surface area contributed by atoms with Gasteiger partial charge in [-0.05, 0) is 54.8 Å². The second kappa shape index (κ2) is 5.20. The summed E-state index contributed by atoms with van der Waals surface area (Å²) in [4.78, 5) is 14.0. The molecule has 0 aliphatic carbocycles. The van der Waals surface area contributed by atoms with Gasteiger partial charge in [-0.25, -0.2) is 4.39 Å². The molecule has 0 saturated heterocycles. The van der Waals surface area contributed by atoms with Crippen molar-refractivity contribution in [2.75, 3.05) is 16.8 Å². The minimum Gasteiger partial charge on any atom is -0.374 e. The smallest absolute Gasteiger partial charge is 0.246 e. The summed E-state index contributed by atoms with van der Waals surface area (Å²) >= 11 is 0. The van der Waals surface area contributed by atoms with E-state index in [-0.39, 0.29) is 18.3 Å². The molecule has 1 aliphatic rings. The number of amides is 1. The van der Waals surface area contributed by atoms with Gasteiger partial charge in [-0.2, -0.15) is 0 Å². The Hall–Kier alpha value is -2.36. The lowest BCUT2D eigenvalue weighted by molar-refractivity contribution is -0.117. The van der Waals surface area contributed by atoms with E-state index in [9.17, 15) is 9.18 Å². The fraction of sp³-hybridized carbons (Fsp3) is 0.235. The van der Waals surface area contributed by atoms with Gasteiger partial charge in [-0.1, -0.05) is 12.1 Å². The van der Waals surface area contributed by atoms with Gasteiger partial charge in [0.05, 0.1) is 24.5 Å². The highest BCUT2D eigenvalue weighted by Crippen LogP contribution is 2.33. The highest BCUT2D eigenvalue weighted by atomic mass is 19.1. The molecule has 1 N–H and O–H groups in total. The minimum absolute atomic E-state index is 0.0232. The summed E-state index contributed by atoms with van der Waals surface area (Å²) in [6.07, 6.45) is 0. The summed E-state index contributed by atoms with van der Waals surface area (Å²) in [7, 11) is 0. The number of hydrogen-bond acceptors (Lipinski definition) is 2. The standard InChI is InChI=1S/C17H17FN2O/c1-11-7-15-16(8-12(11)2)20(17(21)9-19-15)10-13-3-5-14(18)6-4-13/h3-8,19H,9-10H2,1-2H3. The number of halogens is 1. The second-order valence-corrected chi connectivity index (χ2v) is 5.41. The molecule has 0 saturated carbocycles. The Morgan fingerprint density at radius 3 is 2.52 bits per heavy atom. The van der Waals surface area contributed by atoms with Crippen LogP contribution in [0.5, 0.6) is 0 Å². The first-order chi connectivity index (χ1) is 10.0. The predicted octanol–water partition coefficient (Wildman–Crippen LogP) is 3.40. The predicted molar refractivity (Wildman–Crippen MR) is 82.0 cm³/mol. The molecule has 0 aromatic heterocycles. The maximum atomic E-state index is 13.0. The van der Waals surface area contributed by atoms with Crippen LogP contribution in [0.3, 0.4) is 0 Å². The molecule has 0 bridgehead atoms. The summed E-state index contributed by atoms with van der Waals surface area (Å²) in [6.45, 7) is 4.83. The molecule has 1 aliphatic heterocycles. The van der Waals surface area contributed by atoms with Gasteiger partial charge in [0.15, 0.2) is 0 Å². The van der Waals surface area contributed by atoms with Crippen LogP contribution in [0.2, 0.25) is 0 Å². The van der Waals surface area contributed by atoms with Gasteiger partial charge in [0, 0.05) is 0 Å². The average Bonchev–Trinajstić information content (AvgIpc) is 2.46. The lowest BCUT2D eigenvalue weighted by Gasteiger charge is -2.31. The Morgan fingerprint density at radius 2 is 1.81 bits per heavy atom. The summed E-state index contributed by atoms with van der Waals surface area (Å²) in [5, 5.41) is 3.15. The molecular weight excluding hydrogens is 267 g/mol. The average molecular weight is 284 g/mol. The number of hydrogen-bond donors (Lipinski definition) is 1. The van der Waals surface area contributed by atoms with Crippen LogP contribution in [0.25, 0.3) is 0 Å². The van der Waals surface area contributed by atoms with Crippen LogP contribution in [-0.2, 0) is 11.3 Å². The van der Waals surface area contributed by atoms with Crippen LogP contribution in [-0.4, -0.2) is 12.5 Å². The summed E-state index contributed by atoms with van der Waals surface area (Å²) in [5.74, 6) is -0.243. The number of nitrogens with one attached hydrogen (secondary N) is 1. The van der Waals surface area contributed by atoms with Crippen molar-refractivity contribution in [3.05, 3.63) is 58.9 Å². The van der Waals surface area contributed by atoms with Crippen LogP contribution >= 0.6 is 0 Å². The lowest BCUT2D eigenvalue weighted by atomic mass is 10.0. The highest BCUT2D eigenvalue weighted by molar-refractivity contribution is 6.02. The van der Waals surface area contributed by atoms with Gasteiger partial charge < -0.3 is 10.2 Å². The maximum absolute atomic E-state index is 13.0. The van der Waals surface area contributed by atoms with Gasteiger partial charge >= 0.3 is 0 Å². The number of rotatable bonds is 2. The van der Waals surface area contributed by atoms with Crippen LogP contribution < -0.4 is 10.2 Å². The number of fused-ring (bicyclic) bond motifs is 1. The number of anilines is 2. The Balaban J connectivity index is 1.97. The Morgan fingerprint density at radius 1 is 1.14 bits per heavy atom. The van der Waals surface area contributed by atoms with Crippen LogP contribution in [0.1, 0.15) is 16.7 Å². The highest BCUT2D eigenvalue weighted by Gasteiger charge is 2.24. The fourth-order valence-corrected chi connectivity index (χ4v) is 2.51. The molecule has 0 spiro atoms. The van der Waals surface area contributed by atoms with E-state index >= 15 is 0 Å². The van der Waals surface area contributed by atoms with Crippen LogP contribution in [0.15, 0.2) is 36.4 Å². The van der Waals surface area contributed by atoms with E-state index in [2.05, 4.69) is 18.3 Å². The Kier molecular flexibility index (Phi) is 3.37. The molecular formula is C17H17FN2O. The summed E-state index contributed by atoms with van der Waals surface area (Å²) in [6, 6.07) is 10.4. The van der Waals surface area contributed by atoms with Crippen molar-refractivity contribution in [2.45, 2.75) is 20.4 Å². The number of nitrogens with zero attached hydrogens (tertiary/aromatic N) is 1. The van der Waals surface area contributed by atoms with Crippen molar-refractivity contribution in [3.63, 3.8) is 0 Å². The molecule has 1 heterocycles. The third kappa shape index (κ3) is 2.61. The summed E-state index contributed by atoms with van der Waals surface area (Å²) < 4.78 is 13.0. The largest absolute Gasteiger partial charge is 0.374 e. The molecule has 0 atom stereocenters. The van der Waals surface area contributed by atoms with Gasteiger partial charge in [-0.3, -0.25) is 4.79 Å². The van der Waals surface area contributed by atoms with E-state index < -0.39 is 0 Å². The zero-order valence-corrected chi connectivity index (χ0v) is 12.1. The monoisotopic (exact) mass is 284 g/mol. The van der Waals surface area contributed by atoms with Crippen LogP contribution in [0, 0.1) is 19.7 Å². The second-order valence-electron chi connectivity index (χ2n) is 5.41. The fourth-order valence-electron chi connectivity index (χ4n) is 2.51.